The molecule has 2 fully saturated rings. The van der Waals surface area contributed by atoms with Crippen molar-refractivity contribution in [3.8, 4) is 22.4 Å². The van der Waals surface area contributed by atoms with E-state index in [0.29, 0.717) is 30.9 Å². The lowest BCUT2D eigenvalue weighted by molar-refractivity contribution is -0.134. The predicted molar refractivity (Wildman–Crippen MR) is 215 cm³/mol. The highest BCUT2D eigenvalue weighted by atomic mass is 16.5. The first kappa shape index (κ1) is 37.6. The Kier molecular flexibility index (Phi) is 10.4. The van der Waals surface area contributed by atoms with Crippen LogP contribution >= 0.6 is 0 Å². The van der Waals surface area contributed by atoms with Gasteiger partial charge in [-0.1, -0.05) is 56.3 Å². The number of rotatable bonds is 10. The minimum absolute atomic E-state index is 0.0220. The molecule has 0 aliphatic carbocycles. The Morgan fingerprint density at radius 2 is 1.72 bits per heavy atom. The topological polar surface area (TPSA) is 175 Å². The Bertz CT molecular complexity index is 2420. The van der Waals surface area contributed by atoms with Gasteiger partial charge in [0.05, 0.1) is 5.92 Å². The van der Waals surface area contributed by atoms with Gasteiger partial charge in [-0.15, -0.1) is 0 Å². The van der Waals surface area contributed by atoms with Crippen molar-refractivity contribution in [1.29, 1.82) is 0 Å². The number of carbonyl (C=O) groups excluding carboxylic acids is 3. The summed E-state index contributed by atoms with van der Waals surface area (Å²) < 4.78 is 5.27. The van der Waals surface area contributed by atoms with E-state index < -0.39 is 0 Å². The third kappa shape index (κ3) is 8.31. The zero-order chi connectivity index (χ0) is 39.7. The molecule has 57 heavy (non-hydrogen) atoms. The monoisotopic (exact) mass is 766 g/mol. The second kappa shape index (κ2) is 15.7. The molecule has 2 saturated heterocycles. The zero-order valence-corrected chi connectivity index (χ0v) is 32.6. The molecule has 6 aromatic rings. The number of nitrogens with zero attached hydrogens (tertiary/aromatic N) is 7. The molecule has 1 unspecified atom stereocenters. The predicted octanol–water partition coefficient (Wildman–Crippen LogP) is 5.49. The van der Waals surface area contributed by atoms with Crippen LogP contribution in [0.3, 0.4) is 0 Å². The summed E-state index contributed by atoms with van der Waals surface area (Å²) in [6.45, 7) is 12.9. The second-order valence-electron chi connectivity index (χ2n) is 15.9. The highest BCUT2D eigenvalue weighted by Crippen LogP contribution is 2.32. The van der Waals surface area contributed by atoms with Crippen LogP contribution in [-0.2, 0) is 28.0 Å². The first-order valence-electron chi connectivity index (χ1n) is 19.4. The van der Waals surface area contributed by atoms with Gasteiger partial charge in [-0.25, -0.2) is 4.98 Å². The minimum Gasteiger partial charge on any atom is -0.369 e. The van der Waals surface area contributed by atoms with Crippen LogP contribution in [0, 0.1) is 6.92 Å². The van der Waals surface area contributed by atoms with Crippen molar-refractivity contribution in [1.82, 2.24) is 45.8 Å². The van der Waals surface area contributed by atoms with Gasteiger partial charge in [-0.05, 0) is 65.9 Å². The molecule has 0 radical (unpaired) electrons. The highest BCUT2D eigenvalue weighted by molar-refractivity contribution is 6.01. The number of hydrogen-bond acceptors (Lipinski definition) is 11. The second-order valence-corrected chi connectivity index (χ2v) is 15.9. The molecule has 6 heterocycles. The first-order chi connectivity index (χ1) is 27.5. The zero-order valence-electron chi connectivity index (χ0n) is 32.6. The maximum Gasteiger partial charge on any atom is 0.292 e. The van der Waals surface area contributed by atoms with Gasteiger partial charge < -0.3 is 14.7 Å². The Morgan fingerprint density at radius 1 is 0.930 bits per heavy atom. The van der Waals surface area contributed by atoms with Crippen LogP contribution in [0.4, 0.5) is 5.69 Å². The normalized spacial score (nSPS) is 16.6. The summed E-state index contributed by atoms with van der Waals surface area (Å²) in [5.74, 6) is -0.687. The lowest BCUT2D eigenvalue weighted by Crippen LogP contribution is -2.47. The number of nitrogens with one attached hydrogen (secondary N) is 3. The van der Waals surface area contributed by atoms with E-state index in [0.717, 1.165) is 89.3 Å². The maximum atomic E-state index is 12.7. The van der Waals surface area contributed by atoms with Crippen LogP contribution in [-0.4, -0.2) is 85.7 Å². The molecule has 0 spiro atoms. The molecule has 0 saturated carbocycles. The number of amides is 3. The molecule has 8 rings (SSSR count). The highest BCUT2D eigenvalue weighted by Gasteiger charge is 2.28. The average Bonchev–Trinajstić information content (AvgIpc) is 3.89. The lowest BCUT2D eigenvalue weighted by Gasteiger charge is -2.36. The number of carbonyl (C=O) groups is 3. The van der Waals surface area contributed by atoms with Gasteiger partial charge in [0.15, 0.2) is 5.65 Å². The van der Waals surface area contributed by atoms with Gasteiger partial charge in [0.1, 0.15) is 5.69 Å². The van der Waals surface area contributed by atoms with E-state index >= 15 is 0 Å². The van der Waals surface area contributed by atoms with Crippen molar-refractivity contribution in [2.24, 2.45) is 0 Å². The van der Waals surface area contributed by atoms with Crippen molar-refractivity contribution in [2.45, 2.75) is 64.8 Å². The van der Waals surface area contributed by atoms with Crippen molar-refractivity contribution in [3.63, 3.8) is 0 Å². The molecule has 0 bridgehead atoms. The summed E-state index contributed by atoms with van der Waals surface area (Å²) in [6.07, 6.45) is 5.40. The molecule has 292 valence electrons. The molecular weight excluding hydrogens is 721 g/mol. The van der Waals surface area contributed by atoms with Gasteiger partial charge in [0, 0.05) is 97.8 Å². The molecule has 2 aromatic carbocycles. The van der Waals surface area contributed by atoms with Crippen LogP contribution in [0.15, 0.2) is 77.6 Å². The van der Waals surface area contributed by atoms with Crippen LogP contribution < -0.4 is 15.5 Å². The van der Waals surface area contributed by atoms with E-state index in [4.69, 9.17) is 9.51 Å². The maximum absolute atomic E-state index is 12.7. The Labute approximate surface area is 330 Å². The van der Waals surface area contributed by atoms with Crippen LogP contribution in [0.5, 0.6) is 0 Å². The van der Waals surface area contributed by atoms with Gasteiger partial charge >= 0.3 is 0 Å². The van der Waals surface area contributed by atoms with E-state index in [1.807, 2.05) is 58.2 Å². The number of aromatic amines is 1. The molecule has 4 aromatic heterocycles. The summed E-state index contributed by atoms with van der Waals surface area (Å²) in [4.78, 5) is 54.9. The Morgan fingerprint density at radius 3 is 2.42 bits per heavy atom. The van der Waals surface area contributed by atoms with Gasteiger partial charge in [-0.3, -0.25) is 34.7 Å². The van der Waals surface area contributed by atoms with Crippen molar-refractivity contribution >= 4 is 34.4 Å². The number of benzene rings is 2. The molecule has 14 heteroatoms. The Hall–Kier alpha value is -6.28. The van der Waals surface area contributed by atoms with Crippen LogP contribution in [0.1, 0.15) is 78.4 Å². The van der Waals surface area contributed by atoms with Crippen molar-refractivity contribution < 1.29 is 18.9 Å². The molecule has 3 N–H and O–H groups in total. The van der Waals surface area contributed by atoms with E-state index in [2.05, 4.69) is 82.2 Å². The number of imide groups is 1. The first-order valence-corrected chi connectivity index (χ1v) is 19.4. The summed E-state index contributed by atoms with van der Waals surface area (Å²) in [5, 5.41) is 17.8. The third-order valence-corrected chi connectivity index (χ3v) is 10.9. The van der Waals surface area contributed by atoms with Gasteiger partial charge in [0.25, 0.3) is 11.7 Å². The fraction of sp³-hybridized carbons (Fsp3) is 0.349. The summed E-state index contributed by atoms with van der Waals surface area (Å²) in [6, 6.07) is 20.9. The standard InChI is InChI=1S/C43H46N10O4/c1-26-21-28(5-6-29(26)23-46-41(56)39-48-42(57-51-39)43(2,3)4)37-35-22-31(25-45-38(35)50-49-37)27-8-11-33(12-9-27)53-19-17-52(18-20-53)16-15-32-10-7-30(24-44-32)34-13-14-36(54)47-40(34)55/h5-12,21-22,24-25,34H,13-20,23H2,1-4H3,(H,46,56)(H,45,49,50)(H,47,54,55). The number of aryl methyl sites for hydroxylation is 1. The largest absolute Gasteiger partial charge is 0.369 e. The van der Waals surface area contributed by atoms with Gasteiger partial charge in [0.2, 0.25) is 17.7 Å². The number of piperazine rings is 1. The molecule has 2 aliphatic rings. The van der Waals surface area contributed by atoms with E-state index in [1.54, 1.807) is 6.20 Å². The summed E-state index contributed by atoms with van der Waals surface area (Å²) >= 11 is 0. The van der Waals surface area contributed by atoms with Gasteiger partial charge in [-0.2, -0.15) is 10.1 Å². The quantitative estimate of drug-likeness (QED) is 0.150. The summed E-state index contributed by atoms with van der Waals surface area (Å²) in [5.41, 5.74) is 9.28. The van der Waals surface area contributed by atoms with E-state index in [1.165, 1.54) is 5.69 Å². The number of aromatic nitrogens is 6. The van der Waals surface area contributed by atoms with Crippen molar-refractivity contribution in [2.75, 3.05) is 37.6 Å². The number of H-pyrrole nitrogens is 1. The molecule has 14 nitrogen and oxygen atoms in total. The van der Waals surface area contributed by atoms with E-state index in [9.17, 15) is 14.4 Å². The number of fused-ring (bicyclic) bond motifs is 1. The fourth-order valence-electron chi connectivity index (χ4n) is 7.37. The van der Waals surface area contributed by atoms with E-state index in [-0.39, 0.29) is 34.9 Å². The van der Waals surface area contributed by atoms with Crippen LogP contribution in [0.2, 0.25) is 0 Å². The third-order valence-electron chi connectivity index (χ3n) is 10.9. The minimum atomic E-state index is -0.385. The SMILES string of the molecule is Cc1cc(-c2n[nH]c3ncc(-c4ccc(N5CCN(CCc6ccc(C7CCC(=O)NC7=O)cn6)CC5)cc4)cc23)ccc1CNC(=O)c1noc(C(C)(C)C)n1. The van der Waals surface area contributed by atoms with Crippen molar-refractivity contribution in [3.05, 3.63) is 107 Å². The smallest absolute Gasteiger partial charge is 0.292 e. The molecule has 3 amide bonds. The summed E-state index contributed by atoms with van der Waals surface area (Å²) in [7, 11) is 0. The molecular formula is C43H46N10O4. The fourth-order valence-corrected chi connectivity index (χ4v) is 7.37. The average molecular weight is 767 g/mol. The van der Waals surface area contributed by atoms with Crippen LogP contribution in [0.25, 0.3) is 33.4 Å². The Balaban J connectivity index is 0.854. The number of anilines is 1. The molecule has 2 aliphatic heterocycles. The lowest BCUT2D eigenvalue weighted by atomic mass is 9.91. The molecule has 1 atom stereocenters. The number of hydrogen-bond donors (Lipinski definition) is 3. The number of piperidine rings is 1. The number of pyridine rings is 2.